The second kappa shape index (κ2) is 23.3. The molecule has 0 nitrogen and oxygen atoms in total. The van der Waals surface area contributed by atoms with Gasteiger partial charge in [-0.05, 0) is 163 Å². The molecule has 0 atom stereocenters. The van der Waals surface area contributed by atoms with Crippen LogP contribution in [-0.2, 0) is 12.8 Å². The predicted molar refractivity (Wildman–Crippen MR) is 352 cm³/mol. The van der Waals surface area contributed by atoms with Crippen molar-refractivity contribution in [2.24, 2.45) is 0 Å². The molecule has 0 fully saturated rings. The molecule has 0 amide bonds. The molecule has 13 aromatic carbocycles. The van der Waals surface area contributed by atoms with Crippen molar-refractivity contribution in [2.75, 3.05) is 0 Å². The van der Waals surface area contributed by atoms with Crippen molar-refractivity contribution in [3.63, 3.8) is 0 Å². The summed E-state index contributed by atoms with van der Waals surface area (Å²) in [5, 5.41) is 4.92. The molecule has 390 valence electrons. The fourth-order valence-electron chi connectivity index (χ4n) is 11.9. The summed E-state index contributed by atoms with van der Waals surface area (Å²) >= 11 is 0. The molecule has 0 spiro atoms. The number of benzene rings is 13. The Balaban J connectivity index is 0.941. The second-order valence-corrected chi connectivity index (χ2v) is 21.3. The molecule has 0 heteroatoms. The number of hydrogen-bond donors (Lipinski definition) is 0. The van der Waals surface area contributed by atoms with Crippen molar-refractivity contribution < 1.29 is 0 Å². The molecule has 0 aliphatic heterocycles. The third kappa shape index (κ3) is 10.5. The first-order valence-corrected chi connectivity index (χ1v) is 28.8. The van der Waals surface area contributed by atoms with Gasteiger partial charge in [-0.2, -0.15) is 0 Å². The Morgan fingerprint density at radius 1 is 0.232 bits per heavy atom. The summed E-state index contributed by atoms with van der Waals surface area (Å²) in [6, 6.07) is 114. The highest BCUT2D eigenvalue weighted by Crippen LogP contribution is 2.45. The van der Waals surface area contributed by atoms with Crippen LogP contribution >= 0.6 is 0 Å². The van der Waals surface area contributed by atoms with Crippen LogP contribution in [-0.4, -0.2) is 0 Å². The Morgan fingerprint density at radius 3 is 0.768 bits per heavy atom. The van der Waals surface area contributed by atoms with E-state index in [1.807, 2.05) is 0 Å². The van der Waals surface area contributed by atoms with Gasteiger partial charge in [0.15, 0.2) is 0 Å². The summed E-state index contributed by atoms with van der Waals surface area (Å²) in [5.41, 5.74) is 26.5. The lowest BCUT2D eigenvalue weighted by atomic mass is 9.83. The maximum atomic E-state index is 2.35. The minimum atomic E-state index is 1.02. The lowest BCUT2D eigenvalue weighted by Crippen LogP contribution is -1.98. The third-order valence-electron chi connectivity index (χ3n) is 16.3. The van der Waals surface area contributed by atoms with Crippen LogP contribution in [0.5, 0.6) is 0 Å². The smallest absolute Gasteiger partial charge is 0.00264 e. The zero-order valence-electron chi connectivity index (χ0n) is 46.4. The molecule has 0 bridgehead atoms. The van der Waals surface area contributed by atoms with E-state index in [1.165, 1.54) is 122 Å². The van der Waals surface area contributed by atoms with Crippen LogP contribution in [0, 0.1) is 0 Å². The van der Waals surface area contributed by atoms with Gasteiger partial charge in [-0.15, -0.1) is 0 Å². The quantitative estimate of drug-likeness (QED) is 0.0752. The minimum Gasteiger partial charge on any atom is -0.0622 e. The van der Waals surface area contributed by atoms with E-state index >= 15 is 0 Å². The van der Waals surface area contributed by atoms with Gasteiger partial charge >= 0.3 is 0 Å². The normalized spacial score (nSPS) is 11.1. The number of rotatable bonds is 14. The highest BCUT2D eigenvalue weighted by molar-refractivity contribution is 6.21. The fraction of sp³-hybridized carbons (Fsp3) is 0.0488. The first kappa shape index (κ1) is 51.3. The standard InChI is InChI=1S/C82H62/c1-3-57-28-34-66(35-29-57)78(67-36-30-58(4-2)31-37-67)56-59-32-38-72(39-33-59)81-74-24-14-16-26-76(74)82(77-27-17-15-25-75(77)81)73-54-52-71(53-55-73)80(70-50-44-65(45-51-70)62-22-12-7-13-23-62)79(68-46-40-63(41-47-68)60-18-8-5-9-19-60)69-48-42-64(43-49-69)61-20-10-6-11-21-61/h5-56H,3-4H2,1-2H3. The zero-order chi connectivity index (χ0) is 55.2. The van der Waals surface area contributed by atoms with Crippen LogP contribution in [0.4, 0.5) is 0 Å². The van der Waals surface area contributed by atoms with Gasteiger partial charge in [0.1, 0.15) is 0 Å². The Kier molecular flexibility index (Phi) is 14.6. The Morgan fingerprint density at radius 2 is 0.476 bits per heavy atom. The molecular weight excluding hydrogens is 985 g/mol. The Bertz CT molecular complexity index is 4190. The van der Waals surface area contributed by atoms with E-state index in [1.54, 1.807) is 0 Å². The maximum absolute atomic E-state index is 2.35. The third-order valence-corrected chi connectivity index (χ3v) is 16.3. The molecule has 13 aromatic rings. The topological polar surface area (TPSA) is 0 Å². The zero-order valence-corrected chi connectivity index (χ0v) is 46.4. The summed E-state index contributed by atoms with van der Waals surface area (Å²) < 4.78 is 0. The first-order valence-electron chi connectivity index (χ1n) is 28.8. The van der Waals surface area contributed by atoms with Gasteiger partial charge in [-0.25, -0.2) is 0 Å². The summed E-state index contributed by atoms with van der Waals surface area (Å²) in [4.78, 5) is 0. The van der Waals surface area contributed by atoms with Gasteiger partial charge in [-0.1, -0.05) is 323 Å². The van der Waals surface area contributed by atoms with Gasteiger partial charge in [0.05, 0.1) is 0 Å². The maximum Gasteiger partial charge on any atom is -0.00264 e. The summed E-state index contributed by atoms with van der Waals surface area (Å²) in [7, 11) is 0. The Labute approximate surface area is 483 Å². The van der Waals surface area contributed by atoms with Gasteiger partial charge in [0, 0.05) is 0 Å². The minimum absolute atomic E-state index is 1.02. The molecule has 0 unspecified atom stereocenters. The van der Waals surface area contributed by atoms with E-state index in [4.69, 9.17) is 0 Å². The van der Waals surface area contributed by atoms with E-state index in [0.29, 0.717) is 0 Å². The van der Waals surface area contributed by atoms with E-state index in [0.717, 1.165) is 35.1 Å². The highest BCUT2D eigenvalue weighted by atomic mass is 14.2. The van der Waals surface area contributed by atoms with E-state index < -0.39 is 0 Å². The van der Waals surface area contributed by atoms with Crippen LogP contribution in [0.25, 0.3) is 100.0 Å². The molecule has 0 radical (unpaired) electrons. The predicted octanol–water partition coefficient (Wildman–Crippen LogP) is 22.0. The average Bonchev–Trinajstić information content (AvgIpc) is 3.66. The van der Waals surface area contributed by atoms with E-state index in [-0.39, 0.29) is 0 Å². The molecule has 13 rings (SSSR count). The van der Waals surface area contributed by atoms with Gasteiger partial charge in [-0.3, -0.25) is 0 Å². The van der Waals surface area contributed by atoms with Gasteiger partial charge < -0.3 is 0 Å². The van der Waals surface area contributed by atoms with Crippen molar-refractivity contribution in [3.8, 4) is 55.6 Å². The molecule has 0 saturated heterocycles. The molecule has 0 aliphatic carbocycles. The second-order valence-electron chi connectivity index (χ2n) is 21.3. The molecular formula is C82H62. The van der Waals surface area contributed by atoms with E-state index in [9.17, 15) is 0 Å². The fourth-order valence-corrected chi connectivity index (χ4v) is 11.9. The largest absolute Gasteiger partial charge is 0.0622 e. The van der Waals surface area contributed by atoms with Crippen LogP contribution in [0.3, 0.4) is 0 Å². The van der Waals surface area contributed by atoms with Gasteiger partial charge in [0.2, 0.25) is 0 Å². The molecule has 0 aliphatic rings. The lowest BCUT2D eigenvalue weighted by Gasteiger charge is -2.20. The summed E-state index contributed by atoms with van der Waals surface area (Å²) in [6.07, 6.45) is 4.39. The van der Waals surface area contributed by atoms with Crippen molar-refractivity contribution in [3.05, 3.63) is 359 Å². The van der Waals surface area contributed by atoms with Crippen LogP contribution in [0.2, 0.25) is 0 Å². The number of hydrogen-bond acceptors (Lipinski definition) is 0. The van der Waals surface area contributed by atoms with Crippen LogP contribution in [0.15, 0.2) is 309 Å². The molecule has 0 saturated carbocycles. The monoisotopic (exact) mass is 1050 g/mol. The average molecular weight is 1050 g/mol. The summed E-state index contributed by atoms with van der Waals surface area (Å²) in [5.74, 6) is 0. The van der Waals surface area contributed by atoms with E-state index in [2.05, 4.69) is 329 Å². The van der Waals surface area contributed by atoms with Crippen LogP contribution in [0.1, 0.15) is 63.9 Å². The SMILES string of the molecule is CCc1ccc(C(=Cc2ccc(-c3c4ccccc4c(-c4ccc(C(=C(c5ccc(-c6ccccc6)cc5)c5ccc(-c6ccccc6)cc5)c5ccc(-c6ccccc6)cc5)cc4)c4ccccc34)cc2)c2ccc(CC)cc2)cc1. The Hall–Kier alpha value is -10.1. The number of aryl methyl sites for hydroxylation is 2. The van der Waals surface area contributed by atoms with Gasteiger partial charge in [0.25, 0.3) is 0 Å². The highest BCUT2D eigenvalue weighted by Gasteiger charge is 2.21. The lowest BCUT2D eigenvalue weighted by molar-refractivity contribution is 1.14. The molecule has 0 aromatic heterocycles. The molecule has 82 heavy (non-hydrogen) atoms. The number of fused-ring (bicyclic) bond motifs is 2. The molecule has 0 N–H and O–H groups in total. The molecule has 0 heterocycles. The van der Waals surface area contributed by atoms with Crippen LogP contribution < -0.4 is 0 Å². The van der Waals surface area contributed by atoms with Crippen molar-refractivity contribution in [1.29, 1.82) is 0 Å². The summed E-state index contributed by atoms with van der Waals surface area (Å²) in [6.45, 7) is 4.43. The van der Waals surface area contributed by atoms with Crippen molar-refractivity contribution in [1.82, 2.24) is 0 Å². The van der Waals surface area contributed by atoms with Crippen molar-refractivity contribution >= 4 is 44.3 Å². The van der Waals surface area contributed by atoms with Crippen molar-refractivity contribution in [2.45, 2.75) is 26.7 Å². The first-order chi connectivity index (χ1) is 40.6.